The summed E-state index contributed by atoms with van der Waals surface area (Å²) in [6, 6.07) is 11.8. The Balaban J connectivity index is 1.61. The van der Waals surface area contributed by atoms with Crippen molar-refractivity contribution in [2.75, 3.05) is 7.05 Å². The van der Waals surface area contributed by atoms with Gasteiger partial charge >= 0.3 is 0 Å². The fourth-order valence-corrected chi connectivity index (χ4v) is 4.25. The molecule has 2 aliphatic rings. The lowest BCUT2D eigenvalue weighted by Crippen LogP contribution is -2.36. The van der Waals surface area contributed by atoms with Gasteiger partial charge in [0.2, 0.25) is 12.3 Å². The smallest absolute Gasteiger partial charge is 0.271 e. The molecular formula is C21H16N6O2. The molecule has 1 saturated carbocycles. The van der Waals surface area contributed by atoms with E-state index in [1.165, 1.54) is 6.39 Å². The number of carbonyl (C=O) groups is 1. The van der Waals surface area contributed by atoms with Crippen LogP contribution in [-0.4, -0.2) is 42.8 Å². The average molecular weight is 384 g/mol. The molecule has 3 aromatic heterocycles. The van der Waals surface area contributed by atoms with Crippen LogP contribution < -0.4 is 0 Å². The van der Waals surface area contributed by atoms with E-state index in [2.05, 4.69) is 38.6 Å². The van der Waals surface area contributed by atoms with Crippen LogP contribution in [0, 0.1) is 0 Å². The minimum Gasteiger partial charge on any atom is -0.423 e. The van der Waals surface area contributed by atoms with Crippen molar-refractivity contribution in [1.29, 1.82) is 0 Å². The Labute approximate surface area is 165 Å². The molecule has 1 spiro atoms. The zero-order valence-electron chi connectivity index (χ0n) is 15.6. The van der Waals surface area contributed by atoms with Crippen LogP contribution in [0.2, 0.25) is 0 Å². The van der Waals surface area contributed by atoms with Gasteiger partial charge in [-0.3, -0.25) is 4.79 Å². The molecule has 0 N–H and O–H groups in total. The molecule has 4 heterocycles. The van der Waals surface area contributed by atoms with Gasteiger partial charge in [0, 0.05) is 30.6 Å². The third-order valence-electron chi connectivity index (χ3n) is 5.94. The molecule has 1 aliphatic heterocycles. The lowest BCUT2D eigenvalue weighted by Gasteiger charge is -2.27. The molecule has 1 aromatic carbocycles. The summed E-state index contributed by atoms with van der Waals surface area (Å²) >= 11 is 0. The Bertz CT molecular complexity index is 1240. The second-order valence-electron chi connectivity index (χ2n) is 7.46. The summed E-state index contributed by atoms with van der Waals surface area (Å²) in [6.45, 7) is 0. The van der Waals surface area contributed by atoms with Crippen molar-refractivity contribution in [3.8, 4) is 28.4 Å². The molecule has 1 fully saturated rings. The van der Waals surface area contributed by atoms with Crippen molar-refractivity contribution < 1.29 is 9.21 Å². The van der Waals surface area contributed by atoms with Crippen molar-refractivity contribution in [3.05, 3.63) is 66.4 Å². The number of rotatable bonds is 2. The van der Waals surface area contributed by atoms with E-state index in [9.17, 15) is 4.79 Å². The fourth-order valence-electron chi connectivity index (χ4n) is 4.25. The molecule has 0 saturated heterocycles. The highest BCUT2D eigenvalue weighted by Gasteiger charge is 2.53. The molecule has 1 aliphatic carbocycles. The molecule has 8 nitrogen and oxygen atoms in total. The average Bonchev–Trinajstić information content (AvgIpc) is 3.19. The van der Waals surface area contributed by atoms with Crippen LogP contribution in [-0.2, 0) is 5.54 Å². The van der Waals surface area contributed by atoms with E-state index in [-0.39, 0.29) is 11.4 Å². The molecule has 0 atom stereocenters. The van der Waals surface area contributed by atoms with Crippen molar-refractivity contribution in [3.63, 3.8) is 0 Å². The Kier molecular flexibility index (Phi) is 3.12. The Hall–Kier alpha value is -3.81. The highest BCUT2D eigenvalue weighted by Crippen LogP contribution is 2.54. The van der Waals surface area contributed by atoms with E-state index in [0.717, 1.165) is 35.3 Å². The monoisotopic (exact) mass is 384 g/mol. The lowest BCUT2D eigenvalue weighted by molar-refractivity contribution is 0.0705. The van der Waals surface area contributed by atoms with Gasteiger partial charge in [-0.1, -0.05) is 12.1 Å². The molecule has 0 bridgehead atoms. The first-order valence-corrected chi connectivity index (χ1v) is 9.37. The maximum atomic E-state index is 13.3. The van der Waals surface area contributed by atoms with Gasteiger partial charge in [-0.2, -0.15) is 10.2 Å². The van der Waals surface area contributed by atoms with E-state index in [1.54, 1.807) is 6.20 Å². The van der Waals surface area contributed by atoms with Gasteiger partial charge in [-0.05, 0) is 37.1 Å². The van der Waals surface area contributed by atoms with Crippen LogP contribution in [0.15, 0.2) is 59.6 Å². The number of amides is 1. The van der Waals surface area contributed by atoms with E-state index in [4.69, 9.17) is 4.42 Å². The van der Waals surface area contributed by atoms with Gasteiger partial charge in [0.1, 0.15) is 5.69 Å². The van der Waals surface area contributed by atoms with Gasteiger partial charge in [-0.15, -0.1) is 10.2 Å². The Morgan fingerprint density at radius 2 is 1.97 bits per heavy atom. The summed E-state index contributed by atoms with van der Waals surface area (Å²) in [7, 11) is 1.88. The molecule has 4 aromatic rings. The predicted molar refractivity (Wildman–Crippen MR) is 103 cm³/mol. The zero-order valence-corrected chi connectivity index (χ0v) is 15.6. The topological polar surface area (TPSA) is 89.9 Å². The van der Waals surface area contributed by atoms with Crippen molar-refractivity contribution in [2.24, 2.45) is 0 Å². The van der Waals surface area contributed by atoms with Crippen LogP contribution in [0.4, 0.5) is 0 Å². The maximum Gasteiger partial charge on any atom is 0.271 e. The standard InChI is InChI=1S/C21H16N6O2/c1-26-20(28)18-10-14(19-25-23-12-29-19)11-27(18)17-9-13(16-3-2-8-22-24-16)4-5-15(17)21(26)6-7-21/h2-5,8-12H,6-7H2,1H3. The van der Waals surface area contributed by atoms with Gasteiger partial charge in [0.15, 0.2) is 0 Å². The summed E-state index contributed by atoms with van der Waals surface area (Å²) in [4.78, 5) is 15.2. The first-order valence-electron chi connectivity index (χ1n) is 9.37. The number of carbonyl (C=O) groups excluding carboxylic acids is 1. The quantitative estimate of drug-likeness (QED) is 0.528. The summed E-state index contributed by atoms with van der Waals surface area (Å²) in [5.41, 5.74) is 4.86. The largest absolute Gasteiger partial charge is 0.423 e. The van der Waals surface area contributed by atoms with E-state index >= 15 is 0 Å². The lowest BCUT2D eigenvalue weighted by atomic mass is 9.98. The summed E-state index contributed by atoms with van der Waals surface area (Å²) < 4.78 is 7.28. The number of aromatic nitrogens is 5. The number of hydrogen-bond acceptors (Lipinski definition) is 6. The van der Waals surface area contributed by atoms with E-state index in [1.807, 2.05) is 40.9 Å². The third-order valence-corrected chi connectivity index (χ3v) is 5.94. The highest BCUT2D eigenvalue weighted by atomic mass is 16.4. The molecule has 0 radical (unpaired) electrons. The Morgan fingerprint density at radius 3 is 2.69 bits per heavy atom. The van der Waals surface area contributed by atoms with E-state index in [0.29, 0.717) is 17.1 Å². The maximum absolute atomic E-state index is 13.3. The van der Waals surface area contributed by atoms with Gasteiger partial charge in [0.05, 0.1) is 22.5 Å². The molecule has 0 unspecified atom stereocenters. The van der Waals surface area contributed by atoms with Crippen LogP contribution in [0.5, 0.6) is 0 Å². The third kappa shape index (κ3) is 2.22. The molecular weight excluding hydrogens is 368 g/mol. The first-order chi connectivity index (χ1) is 14.2. The van der Waals surface area contributed by atoms with Gasteiger partial charge in [-0.25, -0.2) is 0 Å². The highest BCUT2D eigenvalue weighted by molar-refractivity contribution is 5.97. The molecule has 29 heavy (non-hydrogen) atoms. The second kappa shape index (κ2) is 5.60. The minimum atomic E-state index is -0.253. The van der Waals surface area contributed by atoms with E-state index < -0.39 is 0 Å². The number of fused-ring (bicyclic) bond motifs is 4. The van der Waals surface area contributed by atoms with Crippen LogP contribution in [0.3, 0.4) is 0 Å². The minimum absolute atomic E-state index is 0.0227. The molecule has 1 amide bonds. The van der Waals surface area contributed by atoms with Crippen molar-refractivity contribution in [1.82, 2.24) is 29.9 Å². The molecule has 8 heteroatoms. The number of hydrogen-bond donors (Lipinski definition) is 0. The Morgan fingerprint density at radius 1 is 1.07 bits per heavy atom. The van der Waals surface area contributed by atoms with Gasteiger partial charge < -0.3 is 13.9 Å². The molecule has 142 valence electrons. The van der Waals surface area contributed by atoms with Gasteiger partial charge in [0.25, 0.3) is 5.91 Å². The summed E-state index contributed by atoms with van der Waals surface area (Å²) in [5.74, 6) is 0.360. The number of benzene rings is 1. The van der Waals surface area contributed by atoms with Crippen LogP contribution in [0.1, 0.15) is 28.9 Å². The summed E-state index contributed by atoms with van der Waals surface area (Å²) in [5, 5.41) is 16.0. The molecule has 6 rings (SSSR count). The zero-order chi connectivity index (χ0) is 19.6. The van der Waals surface area contributed by atoms with Crippen LogP contribution in [0.25, 0.3) is 28.4 Å². The normalized spacial score (nSPS) is 16.4. The fraction of sp³-hybridized carbons (Fsp3) is 0.190. The first kappa shape index (κ1) is 16.2. The van der Waals surface area contributed by atoms with Crippen molar-refractivity contribution in [2.45, 2.75) is 18.4 Å². The SMILES string of the molecule is CN1C(=O)c2cc(-c3nnco3)cn2-c2cc(-c3cccnn3)ccc2C12CC2. The summed E-state index contributed by atoms with van der Waals surface area (Å²) in [6.07, 6.45) is 6.73. The predicted octanol–water partition coefficient (Wildman–Crippen LogP) is 3.06. The van der Waals surface area contributed by atoms with Crippen molar-refractivity contribution >= 4 is 5.91 Å². The number of nitrogens with zero attached hydrogens (tertiary/aromatic N) is 6. The van der Waals surface area contributed by atoms with Crippen LogP contribution >= 0.6 is 0 Å². The second-order valence-corrected chi connectivity index (χ2v) is 7.46.